The summed E-state index contributed by atoms with van der Waals surface area (Å²) in [4.78, 5) is 0. The van der Waals surface area contributed by atoms with E-state index in [0.717, 1.165) is 22.4 Å². The third-order valence-corrected chi connectivity index (χ3v) is 4.36. The molecule has 0 amide bonds. The Balaban J connectivity index is 2.28. The molecule has 1 aliphatic rings. The molecule has 0 saturated carbocycles. The van der Waals surface area contributed by atoms with Gasteiger partial charge >= 0.3 is 0 Å². The van der Waals surface area contributed by atoms with Crippen molar-refractivity contribution < 1.29 is 34.6 Å². The highest BCUT2D eigenvalue weighted by Crippen LogP contribution is 2.35. The first-order chi connectivity index (χ1) is 11.3. The molecule has 0 unspecified atom stereocenters. The first-order valence-corrected chi connectivity index (χ1v) is 8.02. The number of aliphatic hydroxyl groups excluding tert-OH is 4. The smallest absolute Gasteiger partial charge is 0.229 e. The normalized spacial score (nSPS) is 30.2. The van der Waals surface area contributed by atoms with Crippen LogP contribution in [0, 0.1) is 20.8 Å². The molecule has 7 heteroatoms. The number of aliphatic hydroxyl groups is 4. The van der Waals surface area contributed by atoms with Crippen LogP contribution < -0.4 is 9.47 Å². The summed E-state index contributed by atoms with van der Waals surface area (Å²) in [5.41, 5.74) is 2.52. The van der Waals surface area contributed by atoms with Gasteiger partial charge in [0, 0.05) is 0 Å². The lowest BCUT2D eigenvalue weighted by Crippen LogP contribution is -2.60. The van der Waals surface area contributed by atoms with Gasteiger partial charge in [-0.15, -0.1) is 0 Å². The second-order valence-corrected chi connectivity index (χ2v) is 6.02. The Morgan fingerprint density at radius 2 is 1.71 bits per heavy atom. The first-order valence-electron chi connectivity index (χ1n) is 8.02. The number of aryl methyl sites for hydroxylation is 1. The van der Waals surface area contributed by atoms with Crippen LogP contribution in [-0.4, -0.2) is 64.3 Å². The number of rotatable bonds is 5. The molecule has 0 aromatic heterocycles. The maximum atomic E-state index is 10.1. The zero-order valence-electron chi connectivity index (χ0n) is 14.4. The monoisotopic (exact) mass is 342 g/mol. The van der Waals surface area contributed by atoms with Gasteiger partial charge in [-0.05, 0) is 50.5 Å². The summed E-state index contributed by atoms with van der Waals surface area (Å²) in [6, 6.07) is 1.84. The van der Waals surface area contributed by atoms with Crippen molar-refractivity contribution in [2.45, 2.75) is 58.4 Å². The van der Waals surface area contributed by atoms with Gasteiger partial charge in [0.1, 0.15) is 35.9 Å². The molecule has 0 bridgehead atoms. The fraction of sp³-hybridized carbons (Fsp3) is 0.647. The Hall–Kier alpha value is -1.38. The van der Waals surface area contributed by atoms with Crippen LogP contribution in [0.4, 0.5) is 0 Å². The maximum Gasteiger partial charge on any atom is 0.229 e. The highest BCUT2D eigenvalue weighted by Gasteiger charge is 2.45. The van der Waals surface area contributed by atoms with E-state index in [1.54, 1.807) is 0 Å². The molecule has 4 N–H and O–H groups in total. The molecule has 1 aromatic rings. The minimum absolute atomic E-state index is 0.495. The number of ether oxygens (including phenoxy) is 3. The van der Waals surface area contributed by atoms with Gasteiger partial charge in [-0.25, -0.2) is 0 Å². The van der Waals surface area contributed by atoms with Crippen LogP contribution in [-0.2, 0) is 4.74 Å². The quantitative estimate of drug-likeness (QED) is 0.605. The summed E-state index contributed by atoms with van der Waals surface area (Å²) in [7, 11) is 0. The molecule has 1 aliphatic heterocycles. The Labute approximate surface area is 141 Å². The van der Waals surface area contributed by atoms with Crippen LogP contribution in [0.3, 0.4) is 0 Å². The van der Waals surface area contributed by atoms with E-state index >= 15 is 0 Å². The summed E-state index contributed by atoms with van der Waals surface area (Å²) in [5.74, 6) is 1.27. The van der Waals surface area contributed by atoms with E-state index in [1.165, 1.54) is 0 Å². The minimum Gasteiger partial charge on any atom is -0.494 e. The molecular formula is C17H26O7. The summed E-state index contributed by atoms with van der Waals surface area (Å²) in [5, 5.41) is 39.0. The third-order valence-electron chi connectivity index (χ3n) is 4.36. The van der Waals surface area contributed by atoms with E-state index in [9.17, 15) is 20.4 Å². The van der Waals surface area contributed by atoms with Crippen LogP contribution in [0.5, 0.6) is 11.5 Å². The second-order valence-electron chi connectivity index (χ2n) is 6.02. The zero-order chi connectivity index (χ0) is 18.0. The largest absolute Gasteiger partial charge is 0.494 e. The van der Waals surface area contributed by atoms with E-state index in [4.69, 9.17) is 14.2 Å². The molecule has 0 aliphatic carbocycles. The minimum atomic E-state index is -1.47. The fourth-order valence-electron chi connectivity index (χ4n) is 2.79. The molecule has 136 valence electrons. The van der Waals surface area contributed by atoms with Gasteiger partial charge in [-0.2, -0.15) is 0 Å². The van der Waals surface area contributed by atoms with Gasteiger partial charge in [-0.3, -0.25) is 0 Å². The van der Waals surface area contributed by atoms with E-state index in [2.05, 4.69) is 0 Å². The highest BCUT2D eigenvalue weighted by atomic mass is 16.7. The molecule has 7 nitrogen and oxygen atoms in total. The molecule has 1 heterocycles. The van der Waals surface area contributed by atoms with E-state index in [-0.39, 0.29) is 0 Å². The first kappa shape index (κ1) is 19.0. The van der Waals surface area contributed by atoms with Gasteiger partial charge in [-0.1, -0.05) is 0 Å². The average Bonchev–Trinajstić information content (AvgIpc) is 2.56. The SMILES string of the molecule is CCOc1cc(C)c(O[C@H]2O[C@H](CO)[C@@H](O)[C@H](O)[C@@H]2O)c(C)c1C. The summed E-state index contributed by atoms with van der Waals surface area (Å²) in [6.45, 7) is 7.57. The third kappa shape index (κ3) is 3.50. The number of benzene rings is 1. The predicted molar refractivity (Wildman–Crippen MR) is 86.2 cm³/mol. The molecule has 24 heavy (non-hydrogen) atoms. The van der Waals surface area contributed by atoms with Crippen LogP contribution in [0.25, 0.3) is 0 Å². The van der Waals surface area contributed by atoms with Crippen LogP contribution >= 0.6 is 0 Å². The summed E-state index contributed by atoms with van der Waals surface area (Å²) >= 11 is 0. The topological polar surface area (TPSA) is 109 Å². The van der Waals surface area contributed by atoms with Crippen molar-refractivity contribution in [2.75, 3.05) is 13.2 Å². The molecule has 5 atom stereocenters. The Morgan fingerprint density at radius 1 is 1.04 bits per heavy atom. The molecule has 2 rings (SSSR count). The standard InChI is InChI=1S/C17H26O7/c1-5-22-11-6-8(2)16(10(4)9(11)3)24-17-15(21)14(20)13(19)12(7-18)23-17/h6,12-15,17-21H,5,7H2,1-4H3/t12-,13-,14+,15+,17-/m1/s1. The second kappa shape index (κ2) is 7.67. The summed E-state index contributed by atoms with van der Waals surface area (Å²) < 4.78 is 16.8. The lowest BCUT2D eigenvalue weighted by molar-refractivity contribution is -0.277. The average molecular weight is 342 g/mol. The van der Waals surface area contributed by atoms with Gasteiger partial charge in [0.2, 0.25) is 6.29 Å². The molecule has 0 radical (unpaired) electrons. The Kier molecular flexibility index (Phi) is 6.06. The lowest BCUT2D eigenvalue weighted by Gasteiger charge is -2.40. The zero-order valence-corrected chi connectivity index (χ0v) is 14.4. The fourth-order valence-corrected chi connectivity index (χ4v) is 2.79. The van der Waals surface area contributed by atoms with Crippen molar-refractivity contribution in [3.63, 3.8) is 0 Å². The van der Waals surface area contributed by atoms with Gasteiger partial charge in [0.15, 0.2) is 0 Å². The Morgan fingerprint density at radius 3 is 2.29 bits per heavy atom. The number of hydrogen-bond donors (Lipinski definition) is 4. The maximum absolute atomic E-state index is 10.1. The van der Waals surface area contributed by atoms with Crippen molar-refractivity contribution in [2.24, 2.45) is 0 Å². The number of hydrogen-bond acceptors (Lipinski definition) is 7. The van der Waals surface area contributed by atoms with Crippen LogP contribution in [0.1, 0.15) is 23.6 Å². The summed E-state index contributed by atoms with van der Waals surface area (Å²) in [6.07, 6.45) is -6.51. The van der Waals surface area contributed by atoms with Crippen LogP contribution in [0.15, 0.2) is 6.07 Å². The predicted octanol–water partition coefficient (Wildman–Crippen LogP) is 0.189. The van der Waals surface area contributed by atoms with Crippen molar-refractivity contribution in [3.8, 4) is 11.5 Å². The van der Waals surface area contributed by atoms with Crippen molar-refractivity contribution in [1.82, 2.24) is 0 Å². The van der Waals surface area contributed by atoms with Gasteiger partial charge < -0.3 is 34.6 Å². The lowest BCUT2D eigenvalue weighted by atomic mass is 9.99. The van der Waals surface area contributed by atoms with Gasteiger partial charge in [0.05, 0.1) is 13.2 Å². The van der Waals surface area contributed by atoms with Crippen molar-refractivity contribution in [3.05, 3.63) is 22.8 Å². The molecule has 1 aromatic carbocycles. The molecule has 1 saturated heterocycles. The van der Waals surface area contributed by atoms with E-state index in [0.29, 0.717) is 12.4 Å². The molecule has 1 fully saturated rings. The highest BCUT2D eigenvalue weighted by molar-refractivity contribution is 5.52. The Bertz CT molecular complexity index is 573. The van der Waals surface area contributed by atoms with E-state index in [1.807, 2.05) is 33.8 Å². The van der Waals surface area contributed by atoms with Crippen LogP contribution in [0.2, 0.25) is 0 Å². The molecular weight excluding hydrogens is 316 g/mol. The van der Waals surface area contributed by atoms with Crippen molar-refractivity contribution >= 4 is 0 Å². The molecule has 0 spiro atoms. The van der Waals surface area contributed by atoms with E-state index < -0.39 is 37.3 Å². The van der Waals surface area contributed by atoms with Crippen molar-refractivity contribution in [1.29, 1.82) is 0 Å². The van der Waals surface area contributed by atoms with Gasteiger partial charge in [0.25, 0.3) is 0 Å².